The third kappa shape index (κ3) is 3.80. The van der Waals surface area contributed by atoms with Crippen molar-refractivity contribution in [3.8, 4) is 6.07 Å². The van der Waals surface area contributed by atoms with E-state index in [4.69, 9.17) is 0 Å². The number of piperazine rings is 1. The van der Waals surface area contributed by atoms with E-state index in [1.54, 1.807) is 16.4 Å². The largest absolute Gasteiger partial charge is 0.329 e. The summed E-state index contributed by atoms with van der Waals surface area (Å²) in [6.07, 6.45) is 0. The summed E-state index contributed by atoms with van der Waals surface area (Å²) in [4.78, 5) is 1.68. The Morgan fingerprint density at radius 2 is 1.77 bits per heavy atom. The fraction of sp³-hybridized carbons (Fsp3) is 0.350. The lowest BCUT2D eigenvalue weighted by Gasteiger charge is -2.31. The van der Waals surface area contributed by atoms with Gasteiger partial charge in [0.25, 0.3) is 0 Å². The molecule has 0 aromatic heterocycles. The van der Waals surface area contributed by atoms with Gasteiger partial charge >= 0.3 is 0 Å². The molecule has 136 valence electrons. The SMILES string of the molecule is Cc1ccc(S(=O)(=O)N2CC[NH+](Cc3ccccc3C#N)CC2)cc1C. The summed E-state index contributed by atoms with van der Waals surface area (Å²) in [5.41, 5.74) is 3.80. The molecular weight excluding hydrogens is 346 g/mol. The number of aryl methyl sites for hydroxylation is 2. The minimum atomic E-state index is -3.44. The summed E-state index contributed by atoms with van der Waals surface area (Å²) in [6, 6.07) is 15.2. The standard InChI is InChI=1S/C20H23N3O2S/c1-16-7-8-20(13-17(16)2)26(24,25)23-11-9-22(10-12-23)15-19-6-4-3-5-18(19)14-21/h3-8,13H,9-12,15H2,1-2H3/p+1. The van der Waals surface area contributed by atoms with Crippen LogP contribution in [-0.2, 0) is 16.6 Å². The maximum absolute atomic E-state index is 12.9. The summed E-state index contributed by atoms with van der Waals surface area (Å²) in [7, 11) is -3.44. The van der Waals surface area contributed by atoms with E-state index in [0.717, 1.165) is 36.3 Å². The molecule has 6 heteroatoms. The molecule has 1 heterocycles. The topological polar surface area (TPSA) is 65.6 Å². The Morgan fingerprint density at radius 3 is 2.42 bits per heavy atom. The second-order valence-corrected chi connectivity index (χ2v) is 8.78. The van der Waals surface area contributed by atoms with E-state index in [2.05, 4.69) is 6.07 Å². The van der Waals surface area contributed by atoms with Crippen LogP contribution in [0.5, 0.6) is 0 Å². The van der Waals surface area contributed by atoms with Crippen molar-refractivity contribution in [3.63, 3.8) is 0 Å². The summed E-state index contributed by atoms with van der Waals surface area (Å²) in [5, 5.41) is 9.22. The van der Waals surface area contributed by atoms with Gasteiger partial charge in [-0.2, -0.15) is 9.57 Å². The first kappa shape index (κ1) is 18.6. The minimum Gasteiger partial charge on any atom is -0.329 e. The van der Waals surface area contributed by atoms with E-state index in [0.29, 0.717) is 23.5 Å². The van der Waals surface area contributed by atoms with Gasteiger partial charge in [0, 0.05) is 5.56 Å². The molecule has 5 nitrogen and oxygen atoms in total. The number of sulfonamides is 1. The lowest BCUT2D eigenvalue weighted by Crippen LogP contribution is -3.13. The van der Waals surface area contributed by atoms with Crippen LogP contribution in [-0.4, -0.2) is 38.9 Å². The Bertz CT molecular complexity index is 940. The predicted molar refractivity (Wildman–Crippen MR) is 100 cm³/mol. The van der Waals surface area contributed by atoms with Gasteiger partial charge in [0.2, 0.25) is 10.0 Å². The van der Waals surface area contributed by atoms with Crippen LogP contribution in [0.3, 0.4) is 0 Å². The first-order valence-electron chi connectivity index (χ1n) is 8.81. The van der Waals surface area contributed by atoms with Crippen molar-refractivity contribution in [2.75, 3.05) is 26.2 Å². The van der Waals surface area contributed by atoms with Crippen molar-refractivity contribution < 1.29 is 13.3 Å². The molecule has 2 aromatic carbocycles. The first-order chi connectivity index (χ1) is 12.4. The molecule has 1 N–H and O–H groups in total. The minimum absolute atomic E-state index is 0.374. The van der Waals surface area contributed by atoms with Crippen LogP contribution in [0.1, 0.15) is 22.3 Å². The molecule has 0 unspecified atom stereocenters. The van der Waals surface area contributed by atoms with Crippen LogP contribution in [0.2, 0.25) is 0 Å². The van der Waals surface area contributed by atoms with Gasteiger partial charge < -0.3 is 4.90 Å². The smallest absolute Gasteiger partial charge is 0.243 e. The Labute approximate surface area is 155 Å². The average Bonchev–Trinajstić information content (AvgIpc) is 2.65. The van der Waals surface area contributed by atoms with Crippen LogP contribution in [0.15, 0.2) is 47.4 Å². The van der Waals surface area contributed by atoms with E-state index in [1.807, 2.05) is 44.2 Å². The number of quaternary nitrogens is 1. The van der Waals surface area contributed by atoms with E-state index in [9.17, 15) is 13.7 Å². The van der Waals surface area contributed by atoms with Crippen molar-refractivity contribution >= 4 is 10.0 Å². The first-order valence-corrected chi connectivity index (χ1v) is 10.2. The Kier molecular flexibility index (Phi) is 5.42. The van der Waals surface area contributed by atoms with Crippen LogP contribution in [0, 0.1) is 25.2 Å². The Balaban J connectivity index is 1.68. The zero-order valence-corrected chi connectivity index (χ0v) is 16.0. The van der Waals surface area contributed by atoms with Crippen LogP contribution < -0.4 is 4.90 Å². The molecule has 2 aromatic rings. The summed E-state index contributed by atoms with van der Waals surface area (Å²) in [5.74, 6) is 0. The number of benzene rings is 2. The fourth-order valence-corrected chi connectivity index (χ4v) is 4.82. The average molecular weight is 370 g/mol. The highest BCUT2D eigenvalue weighted by Gasteiger charge is 2.30. The van der Waals surface area contributed by atoms with E-state index in [-0.39, 0.29) is 0 Å². The molecule has 0 saturated carbocycles. The lowest BCUT2D eigenvalue weighted by atomic mass is 10.1. The molecule has 1 fully saturated rings. The van der Waals surface area contributed by atoms with Crippen LogP contribution in [0.25, 0.3) is 0 Å². The van der Waals surface area contributed by atoms with Gasteiger partial charge in [0.05, 0.1) is 42.7 Å². The fourth-order valence-electron chi connectivity index (χ4n) is 3.30. The van der Waals surface area contributed by atoms with E-state index in [1.165, 1.54) is 4.90 Å². The summed E-state index contributed by atoms with van der Waals surface area (Å²) < 4.78 is 27.4. The Morgan fingerprint density at radius 1 is 1.08 bits per heavy atom. The number of nitrogens with one attached hydrogen (secondary N) is 1. The van der Waals surface area contributed by atoms with Gasteiger partial charge in [-0.1, -0.05) is 24.3 Å². The molecule has 0 atom stereocenters. The lowest BCUT2D eigenvalue weighted by molar-refractivity contribution is -0.917. The van der Waals surface area contributed by atoms with Crippen LogP contribution in [0.4, 0.5) is 0 Å². The van der Waals surface area contributed by atoms with Gasteiger partial charge in [0.1, 0.15) is 6.54 Å². The van der Waals surface area contributed by atoms with Crippen molar-refractivity contribution in [2.45, 2.75) is 25.3 Å². The third-order valence-corrected chi connectivity index (χ3v) is 7.02. The van der Waals surface area contributed by atoms with Gasteiger partial charge in [0.15, 0.2) is 0 Å². The number of hydrogen-bond acceptors (Lipinski definition) is 3. The highest BCUT2D eigenvalue weighted by molar-refractivity contribution is 7.89. The van der Waals surface area contributed by atoms with Crippen LogP contribution >= 0.6 is 0 Å². The van der Waals surface area contributed by atoms with Crippen molar-refractivity contribution in [3.05, 3.63) is 64.7 Å². The second kappa shape index (κ2) is 7.58. The molecule has 1 aliphatic rings. The van der Waals surface area contributed by atoms with Crippen molar-refractivity contribution in [1.29, 1.82) is 5.26 Å². The number of nitriles is 1. The van der Waals surface area contributed by atoms with Gasteiger partial charge in [-0.25, -0.2) is 8.42 Å². The summed E-state index contributed by atoms with van der Waals surface area (Å²) in [6.45, 7) is 7.14. The third-order valence-electron chi connectivity index (χ3n) is 5.12. The molecule has 1 saturated heterocycles. The van der Waals surface area contributed by atoms with Gasteiger partial charge in [-0.15, -0.1) is 0 Å². The molecule has 0 radical (unpaired) electrons. The van der Waals surface area contributed by atoms with Crippen molar-refractivity contribution in [2.24, 2.45) is 0 Å². The molecule has 1 aliphatic heterocycles. The maximum Gasteiger partial charge on any atom is 0.243 e. The Hall–Kier alpha value is -2.20. The number of rotatable bonds is 4. The maximum atomic E-state index is 12.9. The molecule has 0 aliphatic carbocycles. The monoisotopic (exact) mass is 370 g/mol. The number of nitrogens with zero attached hydrogens (tertiary/aromatic N) is 2. The molecular formula is C20H24N3O2S+. The van der Waals surface area contributed by atoms with E-state index < -0.39 is 10.0 Å². The number of hydrogen-bond donors (Lipinski definition) is 1. The molecule has 0 amide bonds. The molecule has 3 rings (SSSR count). The second-order valence-electron chi connectivity index (χ2n) is 6.85. The molecule has 0 spiro atoms. The van der Waals surface area contributed by atoms with Crippen molar-refractivity contribution in [1.82, 2.24) is 4.31 Å². The zero-order valence-electron chi connectivity index (χ0n) is 15.2. The highest BCUT2D eigenvalue weighted by Crippen LogP contribution is 2.19. The quantitative estimate of drug-likeness (QED) is 0.881. The normalized spacial score (nSPS) is 16.3. The van der Waals surface area contributed by atoms with E-state index >= 15 is 0 Å². The summed E-state index contributed by atoms with van der Waals surface area (Å²) >= 11 is 0. The molecule has 26 heavy (non-hydrogen) atoms. The molecule has 0 bridgehead atoms. The van der Waals surface area contributed by atoms with Gasteiger partial charge in [-0.05, 0) is 43.2 Å². The predicted octanol–water partition coefficient (Wildman–Crippen LogP) is 1.26. The zero-order chi connectivity index (χ0) is 18.7. The highest BCUT2D eigenvalue weighted by atomic mass is 32.2. The van der Waals surface area contributed by atoms with Gasteiger partial charge in [-0.3, -0.25) is 0 Å².